The molecule has 3 aliphatic rings. The maximum absolute atomic E-state index is 12.8. The molecule has 5 rings (SSSR count). The van der Waals surface area contributed by atoms with E-state index < -0.39 is 5.97 Å². The second kappa shape index (κ2) is 8.25. The topological polar surface area (TPSA) is 67.9 Å². The van der Waals surface area contributed by atoms with Gasteiger partial charge >= 0.3 is 5.97 Å². The number of carbonyl (C=O) groups excluding carboxylic acids is 2. The Hall–Kier alpha value is -2.86. The summed E-state index contributed by atoms with van der Waals surface area (Å²) >= 11 is 0. The Morgan fingerprint density at radius 1 is 1.00 bits per heavy atom. The number of esters is 1. The summed E-state index contributed by atoms with van der Waals surface area (Å²) in [4.78, 5) is 26.5. The van der Waals surface area contributed by atoms with Gasteiger partial charge in [0.1, 0.15) is 5.75 Å². The van der Waals surface area contributed by atoms with Gasteiger partial charge in [-0.25, -0.2) is 0 Å². The van der Waals surface area contributed by atoms with Gasteiger partial charge in [-0.15, -0.1) is 0 Å². The maximum Gasteiger partial charge on any atom is 0.308 e. The quantitative estimate of drug-likeness (QED) is 0.620. The van der Waals surface area contributed by atoms with E-state index in [4.69, 9.17) is 9.47 Å². The molecular formula is C23H26N2O4. The molecule has 3 fully saturated rings. The van der Waals surface area contributed by atoms with Crippen LogP contribution in [0.1, 0.15) is 37.0 Å². The van der Waals surface area contributed by atoms with Gasteiger partial charge in [-0.3, -0.25) is 14.5 Å². The van der Waals surface area contributed by atoms with Crippen molar-refractivity contribution in [1.82, 2.24) is 10.2 Å². The molecule has 2 atom stereocenters. The lowest BCUT2D eigenvalue weighted by Crippen LogP contribution is -2.62. The molecule has 3 saturated heterocycles. The van der Waals surface area contributed by atoms with Crippen LogP contribution in [0.4, 0.5) is 0 Å². The van der Waals surface area contributed by atoms with Gasteiger partial charge in [0.05, 0.1) is 0 Å². The van der Waals surface area contributed by atoms with Crippen molar-refractivity contribution in [2.24, 2.45) is 5.92 Å². The monoisotopic (exact) mass is 394 g/mol. The van der Waals surface area contributed by atoms with Gasteiger partial charge in [0, 0.05) is 24.6 Å². The van der Waals surface area contributed by atoms with Crippen molar-refractivity contribution in [2.75, 3.05) is 13.1 Å². The zero-order valence-corrected chi connectivity index (χ0v) is 16.8. The summed E-state index contributed by atoms with van der Waals surface area (Å²) in [5.74, 6) is 1.48. The van der Waals surface area contributed by atoms with E-state index in [1.54, 1.807) is 48.5 Å². The number of nitrogens with zero attached hydrogens (tertiary/aromatic N) is 1. The van der Waals surface area contributed by atoms with E-state index >= 15 is 0 Å². The molecule has 0 spiro atoms. The molecule has 29 heavy (non-hydrogen) atoms. The number of piperidine rings is 3. The Balaban J connectivity index is 1.42. The Morgan fingerprint density at radius 2 is 1.66 bits per heavy atom. The Morgan fingerprint density at radius 3 is 2.28 bits per heavy atom. The number of amides is 1. The first-order valence-corrected chi connectivity index (χ1v) is 10.1. The van der Waals surface area contributed by atoms with Crippen molar-refractivity contribution in [3.8, 4) is 17.2 Å². The summed E-state index contributed by atoms with van der Waals surface area (Å²) in [6.45, 7) is 5.83. The number of hydrogen-bond acceptors (Lipinski definition) is 5. The molecule has 3 aliphatic heterocycles. The molecule has 2 aromatic rings. The molecule has 2 bridgehead atoms. The van der Waals surface area contributed by atoms with Crippen LogP contribution >= 0.6 is 0 Å². The molecular weight excluding hydrogens is 368 g/mol. The van der Waals surface area contributed by atoms with Crippen molar-refractivity contribution in [1.29, 1.82) is 0 Å². The maximum atomic E-state index is 12.8. The molecule has 6 heteroatoms. The van der Waals surface area contributed by atoms with Crippen molar-refractivity contribution in [3.05, 3.63) is 54.1 Å². The summed E-state index contributed by atoms with van der Waals surface area (Å²) in [6.07, 6.45) is 2.31. The molecule has 3 heterocycles. The third-order valence-corrected chi connectivity index (χ3v) is 5.92. The van der Waals surface area contributed by atoms with E-state index in [-0.39, 0.29) is 11.9 Å². The third kappa shape index (κ3) is 4.27. The molecule has 152 valence electrons. The lowest BCUT2D eigenvalue weighted by Gasteiger charge is -2.49. The van der Waals surface area contributed by atoms with Gasteiger partial charge < -0.3 is 14.8 Å². The van der Waals surface area contributed by atoms with Gasteiger partial charge in [0.25, 0.3) is 5.91 Å². The molecule has 0 aliphatic carbocycles. The van der Waals surface area contributed by atoms with Gasteiger partial charge in [-0.1, -0.05) is 12.1 Å². The van der Waals surface area contributed by atoms with E-state index in [1.807, 2.05) is 0 Å². The molecule has 1 amide bonds. The van der Waals surface area contributed by atoms with Crippen LogP contribution in [-0.2, 0) is 4.79 Å². The summed E-state index contributed by atoms with van der Waals surface area (Å²) < 4.78 is 11.0. The van der Waals surface area contributed by atoms with Gasteiger partial charge in [-0.2, -0.15) is 0 Å². The molecule has 2 aromatic carbocycles. The molecule has 1 N–H and O–H groups in total. The number of para-hydroxylation sites is 2. The minimum atomic E-state index is -0.407. The van der Waals surface area contributed by atoms with Gasteiger partial charge in [-0.05, 0) is 75.2 Å². The van der Waals surface area contributed by atoms with Crippen LogP contribution in [0.25, 0.3) is 0 Å². The van der Waals surface area contributed by atoms with E-state index in [0.29, 0.717) is 34.8 Å². The SMILES string of the molecule is CC(=O)Oc1ccccc1Oc1ccc(C(=O)NC2C3CCN(CC3)C2C)cc1. The highest BCUT2D eigenvalue weighted by Gasteiger charge is 2.40. The van der Waals surface area contributed by atoms with Crippen LogP contribution in [-0.4, -0.2) is 41.9 Å². The molecule has 2 unspecified atom stereocenters. The predicted octanol–water partition coefficient (Wildman–Crippen LogP) is 3.62. The Labute approximate surface area is 170 Å². The van der Waals surface area contributed by atoms with E-state index in [9.17, 15) is 9.59 Å². The van der Waals surface area contributed by atoms with E-state index in [0.717, 1.165) is 25.9 Å². The fourth-order valence-electron chi connectivity index (χ4n) is 4.35. The van der Waals surface area contributed by atoms with Crippen LogP contribution in [0.5, 0.6) is 17.2 Å². The molecule has 0 aromatic heterocycles. The van der Waals surface area contributed by atoms with Crippen LogP contribution < -0.4 is 14.8 Å². The number of hydrogen-bond donors (Lipinski definition) is 1. The molecule has 0 radical (unpaired) electrons. The molecule has 6 nitrogen and oxygen atoms in total. The highest BCUT2D eigenvalue weighted by molar-refractivity contribution is 5.94. The minimum Gasteiger partial charge on any atom is -0.453 e. The summed E-state index contributed by atoms with van der Waals surface area (Å²) in [5.41, 5.74) is 0.606. The second-order valence-corrected chi connectivity index (χ2v) is 7.78. The average molecular weight is 394 g/mol. The number of carbonyl (C=O) groups is 2. The number of rotatable bonds is 5. The highest BCUT2D eigenvalue weighted by Crippen LogP contribution is 2.33. The van der Waals surface area contributed by atoms with Crippen LogP contribution in [0.3, 0.4) is 0 Å². The Kier molecular flexibility index (Phi) is 5.53. The lowest BCUT2D eigenvalue weighted by atomic mass is 9.79. The average Bonchev–Trinajstić information content (AvgIpc) is 2.72. The summed E-state index contributed by atoms with van der Waals surface area (Å²) in [7, 11) is 0. The zero-order chi connectivity index (χ0) is 20.4. The highest BCUT2D eigenvalue weighted by atomic mass is 16.6. The summed E-state index contributed by atoms with van der Waals surface area (Å²) in [6, 6.07) is 14.6. The van der Waals surface area contributed by atoms with Crippen molar-refractivity contribution in [3.63, 3.8) is 0 Å². The fourth-order valence-corrected chi connectivity index (χ4v) is 4.35. The minimum absolute atomic E-state index is 0.0533. The van der Waals surface area contributed by atoms with Crippen molar-refractivity contribution >= 4 is 11.9 Å². The number of ether oxygens (including phenoxy) is 2. The first kappa shape index (κ1) is 19.5. The smallest absolute Gasteiger partial charge is 0.308 e. The Bertz CT molecular complexity index is 886. The van der Waals surface area contributed by atoms with Crippen LogP contribution in [0, 0.1) is 5.92 Å². The lowest BCUT2D eigenvalue weighted by molar-refractivity contribution is -0.132. The first-order chi connectivity index (χ1) is 14.0. The standard InChI is InChI=1S/C23H26N2O4/c1-15-22(17-11-13-25(15)14-12-17)24-23(27)18-7-9-19(10-8-18)29-21-6-4-3-5-20(21)28-16(2)26/h3-10,15,17,22H,11-14H2,1-2H3,(H,24,27). The molecule has 0 saturated carbocycles. The van der Waals surface area contributed by atoms with Crippen molar-refractivity contribution in [2.45, 2.75) is 38.8 Å². The van der Waals surface area contributed by atoms with Crippen LogP contribution in [0.15, 0.2) is 48.5 Å². The van der Waals surface area contributed by atoms with Gasteiger partial charge in [0.2, 0.25) is 0 Å². The van der Waals surface area contributed by atoms with E-state index in [1.165, 1.54) is 6.92 Å². The number of benzene rings is 2. The van der Waals surface area contributed by atoms with Crippen LogP contribution in [0.2, 0.25) is 0 Å². The first-order valence-electron chi connectivity index (χ1n) is 10.1. The normalized spacial score (nSPS) is 25.3. The third-order valence-electron chi connectivity index (χ3n) is 5.92. The number of fused-ring (bicyclic) bond motifs is 3. The van der Waals surface area contributed by atoms with Gasteiger partial charge in [0.15, 0.2) is 11.5 Å². The van der Waals surface area contributed by atoms with Crippen molar-refractivity contribution < 1.29 is 19.1 Å². The number of nitrogens with one attached hydrogen (secondary N) is 1. The fraction of sp³-hybridized carbons (Fsp3) is 0.391. The second-order valence-electron chi connectivity index (χ2n) is 7.78. The van der Waals surface area contributed by atoms with E-state index in [2.05, 4.69) is 17.1 Å². The largest absolute Gasteiger partial charge is 0.453 e. The zero-order valence-electron chi connectivity index (χ0n) is 16.8. The predicted molar refractivity (Wildman–Crippen MR) is 109 cm³/mol. The summed E-state index contributed by atoms with van der Waals surface area (Å²) in [5, 5.41) is 3.24.